The zero-order valence-corrected chi connectivity index (χ0v) is 11.4. The van der Waals surface area contributed by atoms with Crippen LogP contribution in [-0.4, -0.2) is 25.3 Å². The van der Waals surface area contributed by atoms with Gasteiger partial charge in [-0.3, -0.25) is 0 Å². The number of hydrogen-bond donors (Lipinski definition) is 1. The minimum Gasteiger partial charge on any atom is -0.382 e. The first-order valence-electron chi connectivity index (χ1n) is 6.16. The predicted molar refractivity (Wildman–Crippen MR) is 67.2 cm³/mol. The first kappa shape index (κ1) is 14.9. The van der Waals surface area contributed by atoms with Crippen LogP contribution in [-0.2, 0) is 4.74 Å². The maximum Gasteiger partial charge on any atom is 0.0546 e. The van der Waals surface area contributed by atoms with Crippen molar-refractivity contribution >= 4 is 0 Å². The summed E-state index contributed by atoms with van der Waals surface area (Å²) in [6, 6.07) is 0. The Kier molecular flexibility index (Phi) is 7.20. The molecular formula is C13H29NO. The van der Waals surface area contributed by atoms with Crippen molar-refractivity contribution in [2.75, 3.05) is 13.7 Å². The Morgan fingerprint density at radius 3 is 2.27 bits per heavy atom. The van der Waals surface area contributed by atoms with E-state index in [0.29, 0.717) is 6.10 Å². The molecule has 1 N–H and O–H groups in total. The second kappa shape index (κ2) is 7.24. The van der Waals surface area contributed by atoms with Crippen LogP contribution in [0.4, 0.5) is 0 Å². The Balaban J connectivity index is 3.93. The van der Waals surface area contributed by atoms with Crippen LogP contribution in [0.15, 0.2) is 0 Å². The monoisotopic (exact) mass is 215 g/mol. The molecule has 0 bridgehead atoms. The molecule has 2 nitrogen and oxygen atoms in total. The second-order valence-corrected chi connectivity index (χ2v) is 5.57. The molecule has 0 aromatic heterocycles. The van der Waals surface area contributed by atoms with Crippen molar-refractivity contribution in [1.82, 2.24) is 5.32 Å². The smallest absolute Gasteiger partial charge is 0.0546 e. The number of ether oxygens (including phenoxy) is 1. The topological polar surface area (TPSA) is 21.3 Å². The van der Waals surface area contributed by atoms with Crippen molar-refractivity contribution < 1.29 is 4.74 Å². The Hall–Kier alpha value is -0.0800. The third-order valence-corrected chi connectivity index (χ3v) is 2.69. The van der Waals surface area contributed by atoms with Crippen molar-refractivity contribution in [2.45, 2.75) is 65.5 Å². The summed E-state index contributed by atoms with van der Waals surface area (Å²) < 4.78 is 5.33. The number of rotatable bonds is 7. The fourth-order valence-corrected chi connectivity index (χ4v) is 1.73. The van der Waals surface area contributed by atoms with Crippen LogP contribution < -0.4 is 5.32 Å². The highest BCUT2D eigenvalue weighted by atomic mass is 16.5. The molecule has 0 heterocycles. The van der Waals surface area contributed by atoms with Gasteiger partial charge in [0.2, 0.25) is 0 Å². The zero-order chi connectivity index (χ0) is 11.9. The molecule has 0 radical (unpaired) electrons. The Morgan fingerprint density at radius 1 is 1.27 bits per heavy atom. The van der Waals surface area contributed by atoms with Gasteiger partial charge in [-0.25, -0.2) is 0 Å². The van der Waals surface area contributed by atoms with Gasteiger partial charge in [-0.05, 0) is 53.0 Å². The minimum absolute atomic E-state index is 0.225. The summed E-state index contributed by atoms with van der Waals surface area (Å²) in [5.41, 5.74) is 0.225. The summed E-state index contributed by atoms with van der Waals surface area (Å²) >= 11 is 0. The molecule has 0 saturated carbocycles. The molecule has 2 unspecified atom stereocenters. The summed E-state index contributed by atoms with van der Waals surface area (Å²) in [5.74, 6) is 0.740. The fourth-order valence-electron chi connectivity index (χ4n) is 1.73. The van der Waals surface area contributed by atoms with E-state index in [-0.39, 0.29) is 5.54 Å². The van der Waals surface area contributed by atoms with E-state index < -0.39 is 0 Å². The van der Waals surface area contributed by atoms with Gasteiger partial charge in [0, 0.05) is 12.6 Å². The van der Waals surface area contributed by atoms with Crippen LogP contribution in [0.1, 0.15) is 53.9 Å². The van der Waals surface area contributed by atoms with Crippen molar-refractivity contribution in [3.63, 3.8) is 0 Å². The van der Waals surface area contributed by atoms with Gasteiger partial charge in [0.05, 0.1) is 6.10 Å². The minimum atomic E-state index is 0.225. The largest absolute Gasteiger partial charge is 0.382 e. The van der Waals surface area contributed by atoms with Gasteiger partial charge in [-0.1, -0.05) is 13.3 Å². The lowest BCUT2D eigenvalue weighted by atomic mass is 9.95. The highest BCUT2D eigenvalue weighted by Gasteiger charge is 2.15. The Labute approximate surface area is 95.8 Å². The quantitative estimate of drug-likeness (QED) is 0.704. The summed E-state index contributed by atoms with van der Waals surface area (Å²) in [7, 11) is 1.80. The number of hydrogen-bond acceptors (Lipinski definition) is 2. The van der Waals surface area contributed by atoms with Crippen molar-refractivity contribution in [3.8, 4) is 0 Å². The standard InChI is InChI=1S/C13H29NO/c1-7-8-12(9-11(2)15-6)10-14-13(3,4)5/h11-12,14H,7-10H2,1-6H3. The van der Waals surface area contributed by atoms with Crippen LogP contribution in [0.5, 0.6) is 0 Å². The van der Waals surface area contributed by atoms with Gasteiger partial charge >= 0.3 is 0 Å². The van der Waals surface area contributed by atoms with Gasteiger partial charge in [0.1, 0.15) is 0 Å². The maximum absolute atomic E-state index is 5.33. The molecule has 0 spiro atoms. The van der Waals surface area contributed by atoms with Crippen LogP contribution in [0, 0.1) is 5.92 Å². The molecule has 2 heteroatoms. The van der Waals surface area contributed by atoms with Crippen molar-refractivity contribution in [3.05, 3.63) is 0 Å². The average molecular weight is 215 g/mol. The first-order chi connectivity index (χ1) is 6.89. The maximum atomic E-state index is 5.33. The lowest BCUT2D eigenvalue weighted by Crippen LogP contribution is -2.39. The lowest BCUT2D eigenvalue weighted by molar-refractivity contribution is 0.0918. The van der Waals surface area contributed by atoms with E-state index in [4.69, 9.17) is 4.74 Å². The Bertz CT molecular complexity index is 151. The molecule has 0 aromatic rings. The van der Waals surface area contributed by atoms with E-state index in [9.17, 15) is 0 Å². The predicted octanol–water partition coefficient (Wildman–Crippen LogP) is 3.22. The summed E-state index contributed by atoms with van der Waals surface area (Å²) in [5, 5.41) is 3.58. The summed E-state index contributed by atoms with van der Waals surface area (Å²) in [6.45, 7) is 12.2. The zero-order valence-electron chi connectivity index (χ0n) is 11.4. The molecule has 0 rings (SSSR count). The highest BCUT2D eigenvalue weighted by molar-refractivity contribution is 4.74. The van der Waals surface area contributed by atoms with Crippen molar-refractivity contribution in [1.29, 1.82) is 0 Å². The molecule has 0 aromatic carbocycles. The van der Waals surface area contributed by atoms with Crippen LogP contribution in [0.3, 0.4) is 0 Å². The molecule has 0 saturated heterocycles. The average Bonchev–Trinajstić information content (AvgIpc) is 2.13. The molecule has 92 valence electrons. The number of nitrogens with one attached hydrogen (secondary N) is 1. The Morgan fingerprint density at radius 2 is 1.87 bits per heavy atom. The van der Waals surface area contributed by atoms with E-state index in [2.05, 4.69) is 39.9 Å². The van der Waals surface area contributed by atoms with Crippen LogP contribution in [0.25, 0.3) is 0 Å². The molecule has 0 amide bonds. The SMILES string of the molecule is CCCC(CNC(C)(C)C)CC(C)OC. The molecule has 0 aliphatic carbocycles. The van der Waals surface area contributed by atoms with Gasteiger partial charge in [0.15, 0.2) is 0 Å². The number of methoxy groups -OCH3 is 1. The van der Waals surface area contributed by atoms with E-state index in [1.807, 2.05) is 0 Å². The van der Waals surface area contributed by atoms with E-state index in [1.54, 1.807) is 7.11 Å². The highest BCUT2D eigenvalue weighted by Crippen LogP contribution is 2.15. The van der Waals surface area contributed by atoms with Crippen molar-refractivity contribution in [2.24, 2.45) is 5.92 Å². The third-order valence-electron chi connectivity index (χ3n) is 2.69. The molecule has 15 heavy (non-hydrogen) atoms. The van der Waals surface area contributed by atoms with E-state index in [0.717, 1.165) is 18.9 Å². The molecule has 0 fully saturated rings. The van der Waals surface area contributed by atoms with Gasteiger partial charge in [0.25, 0.3) is 0 Å². The van der Waals surface area contributed by atoms with Gasteiger partial charge < -0.3 is 10.1 Å². The van der Waals surface area contributed by atoms with Crippen LogP contribution >= 0.6 is 0 Å². The third kappa shape index (κ3) is 8.88. The lowest BCUT2D eigenvalue weighted by Gasteiger charge is -2.26. The molecular weight excluding hydrogens is 186 g/mol. The van der Waals surface area contributed by atoms with E-state index in [1.165, 1.54) is 12.8 Å². The normalized spacial score (nSPS) is 16.4. The van der Waals surface area contributed by atoms with E-state index >= 15 is 0 Å². The summed E-state index contributed by atoms with van der Waals surface area (Å²) in [4.78, 5) is 0. The molecule has 0 aliphatic rings. The van der Waals surface area contributed by atoms with Gasteiger partial charge in [-0.15, -0.1) is 0 Å². The fraction of sp³-hybridized carbons (Fsp3) is 1.00. The summed E-state index contributed by atoms with van der Waals surface area (Å²) in [6.07, 6.45) is 4.08. The van der Waals surface area contributed by atoms with Crippen LogP contribution in [0.2, 0.25) is 0 Å². The first-order valence-corrected chi connectivity index (χ1v) is 6.16. The van der Waals surface area contributed by atoms with Gasteiger partial charge in [-0.2, -0.15) is 0 Å². The molecule has 2 atom stereocenters. The second-order valence-electron chi connectivity index (χ2n) is 5.57. The molecule has 0 aliphatic heterocycles.